The zero-order valence-corrected chi connectivity index (χ0v) is 8.42. The summed E-state index contributed by atoms with van der Waals surface area (Å²) < 4.78 is 0. The predicted octanol–water partition coefficient (Wildman–Crippen LogP) is 2.97. The molecule has 1 rings (SSSR count). The van der Waals surface area contributed by atoms with E-state index in [0.717, 1.165) is 18.3 Å². The van der Waals surface area contributed by atoms with E-state index in [1.54, 1.807) is 0 Å². The van der Waals surface area contributed by atoms with Gasteiger partial charge in [0, 0.05) is 0 Å². The van der Waals surface area contributed by atoms with Gasteiger partial charge in [-0.3, -0.25) is 0 Å². The van der Waals surface area contributed by atoms with Crippen molar-refractivity contribution in [3.05, 3.63) is 0 Å². The van der Waals surface area contributed by atoms with Crippen molar-refractivity contribution in [2.45, 2.75) is 58.5 Å². The minimum Gasteiger partial charge on any atom is -0.393 e. The Labute approximate surface area is 76.2 Å². The summed E-state index contributed by atoms with van der Waals surface area (Å²) in [6, 6.07) is 0. The van der Waals surface area contributed by atoms with Crippen molar-refractivity contribution in [2.24, 2.45) is 11.8 Å². The zero-order chi connectivity index (χ0) is 8.97. The van der Waals surface area contributed by atoms with Gasteiger partial charge in [-0.05, 0) is 25.2 Å². The molecular weight excluding hydrogens is 148 g/mol. The first-order valence-corrected chi connectivity index (χ1v) is 5.40. The molecule has 0 unspecified atom stereocenters. The van der Waals surface area contributed by atoms with Crippen LogP contribution in [-0.2, 0) is 0 Å². The van der Waals surface area contributed by atoms with Gasteiger partial charge < -0.3 is 5.11 Å². The van der Waals surface area contributed by atoms with Gasteiger partial charge in [0.2, 0.25) is 0 Å². The lowest BCUT2D eigenvalue weighted by Crippen LogP contribution is -2.17. The third-order valence-corrected chi connectivity index (χ3v) is 3.22. The maximum atomic E-state index is 9.23. The van der Waals surface area contributed by atoms with Crippen LogP contribution in [0.3, 0.4) is 0 Å². The second kappa shape index (κ2) is 4.86. The van der Waals surface area contributed by atoms with Gasteiger partial charge >= 0.3 is 0 Å². The fourth-order valence-corrected chi connectivity index (χ4v) is 2.36. The highest BCUT2D eigenvalue weighted by Gasteiger charge is 2.20. The minimum absolute atomic E-state index is 0.0897. The highest BCUT2D eigenvalue weighted by atomic mass is 16.3. The lowest BCUT2D eigenvalue weighted by Gasteiger charge is -2.28. The van der Waals surface area contributed by atoms with Gasteiger partial charge in [-0.25, -0.2) is 0 Å². The molecule has 0 saturated heterocycles. The van der Waals surface area contributed by atoms with Crippen LogP contribution in [0.2, 0.25) is 0 Å². The molecule has 0 aliphatic heterocycles. The van der Waals surface area contributed by atoms with E-state index >= 15 is 0 Å². The molecule has 0 amide bonds. The van der Waals surface area contributed by atoms with Crippen molar-refractivity contribution in [1.82, 2.24) is 0 Å². The van der Waals surface area contributed by atoms with E-state index in [4.69, 9.17) is 0 Å². The summed E-state index contributed by atoms with van der Waals surface area (Å²) in [7, 11) is 0. The third-order valence-electron chi connectivity index (χ3n) is 3.22. The summed E-state index contributed by atoms with van der Waals surface area (Å²) in [5.74, 6) is 1.79. The Morgan fingerprint density at radius 2 is 1.67 bits per heavy atom. The van der Waals surface area contributed by atoms with Crippen molar-refractivity contribution < 1.29 is 5.11 Å². The van der Waals surface area contributed by atoms with E-state index in [9.17, 15) is 5.11 Å². The molecule has 0 radical (unpaired) electrons. The fourth-order valence-electron chi connectivity index (χ4n) is 2.36. The quantitative estimate of drug-likeness (QED) is 0.690. The molecule has 0 aromatic rings. The van der Waals surface area contributed by atoms with Gasteiger partial charge in [0.05, 0.1) is 6.10 Å². The van der Waals surface area contributed by atoms with Gasteiger partial charge in [-0.1, -0.05) is 39.0 Å². The Morgan fingerprint density at radius 1 is 1.17 bits per heavy atom. The Hall–Kier alpha value is -0.0400. The smallest absolute Gasteiger partial charge is 0.0514 e. The molecule has 0 heterocycles. The molecule has 0 aromatic carbocycles. The largest absolute Gasteiger partial charge is 0.393 e. The van der Waals surface area contributed by atoms with Gasteiger partial charge in [0.15, 0.2) is 0 Å². The minimum atomic E-state index is -0.0897. The van der Waals surface area contributed by atoms with Gasteiger partial charge in [0.1, 0.15) is 0 Å². The Bertz CT molecular complexity index is 112. The van der Waals surface area contributed by atoms with Crippen LogP contribution in [0.1, 0.15) is 52.4 Å². The molecule has 1 saturated carbocycles. The highest BCUT2D eigenvalue weighted by Crippen LogP contribution is 2.32. The van der Waals surface area contributed by atoms with Crippen LogP contribution in [-0.4, -0.2) is 11.2 Å². The first-order chi connectivity index (χ1) is 5.72. The highest BCUT2D eigenvalue weighted by molar-refractivity contribution is 4.72. The van der Waals surface area contributed by atoms with Crippen LogP contribution < -0.4 is 0 Å². The first-order valence-electron chi connectivity index (χ1n) is 5.40. The van der Waals surface area contributed by atoms with E-state index in [1.165, 1.54) is 32.1 Å². The molecule has 1 nitrogen and oxygen atoms in total. The molecule has 12 heavy (non-hydrogen) atoms. The Kier molecular flexibility index (Phi) is 4.07. The maximum Gasteiger partial charge on any atom is 0.0514 e. The summed E-state index contributed by atoms with van der Waals surface area (Å²) in [5, 5.41) is 9.23. The summed E-state index contributed by atoms with van der Waals surface area (Å²) in [5.41, 5.74) is 0. The van der Waals surface area contributed by atoms with Crippen LogP contribution in [0.15, 0.2) is 0 Å². The summed E-state index contributed by atoms with van der Waals surface area (Å²) in [6.45, 7) is 4.20. The average Bonchev–Trinajstić information content (AvgIpc) is 2.05. The standard InChI is InChI=1S/C11H22O/c1-3-10-4-6-11(7-5-10)8-9(2)12/h9-12H,3-8H2,1-2H3/t9-,10?,11?/m0/s1. The number of aliphatic hydroxyl groups excluding tert-OH is 1. The van der Waals surface area contributed by atoms with Crippen LogP contribution in [0.5, 0.6) is 0 Å². The summed E-state index contributed by atoms with van der Waals surface area (Å²) in [4.78, 5) is 0. The van der Waals surface area contributed by atoms with E-state index in [2.05, 4.69) is 6.92 Å². The molecule has 1 aliphatic carbocycles. The third kappa shape index (κ3) is 3.14. The van der Waals surface area contributed by atoms with E-state index in [-0.39, 0.29) is 6.10 Å². The SMILES string of the molecule is CCC1CCC(C[C@H](C)O)CC1. The molecule has 1 atom stereocenters. The monoisotopic (exact) mass is 170 g/mol. The van der Waals surface area contributed by atoms with Crippen LogP contribution in [0, 0.1) is 11.8 Å². The Morgan fingerprint density at radius 3 is 2.08 bits per heavy atom. The van der Waals surface area contributed by atoms with Gasteiger partial charge in [0.25, 0.3) is 0 Å². The molecular formula is C11H22O. The van der Waals surface area contributed by atoms with Crippen molar-refractivity contribution in [3.8, 4) is 0 Å². The number of rotatable bonds is 3. The molecule has 0 bridgehead atoms. The molecule has 0 spiro atoms. The van der Waals surface area contributed by atoms with Gasteiger partial charge in [-0.15, -0.1) is 0 Å². The van der Waals surface area contributed by atoms with E-state index in [0.29, 0.717) is 0 Å². The first kappa shape index (κ1) is 10.0. The summed E-state index contributed by atoms with van der Waals surface area (Å²) in [6.07, 6.45) is 7.78. The van der Waals surface area contributed by atoms with Crippen molar-refractivity contribution in [1.29, 1.82) is 0 Å². The molecule has 1 aliphatic rings. The fraction of sp³-hybridized carbons (Fsp3) is 1.00. The van der Waals surface area contributed by atoms with Crippen molar-refractivity contribution >= 4 is 0 Å². The van der Waals surface area contributed by atoms with E-state index in [1.807, 2.05) is 6.92 Å². The second-order valence-corrected chi connectivity index (χ2v) is 4.38. The topological polar surface area (TPSA) is 20.2 Å². The average molecular weight is 170 g/mol. The lowest BCUT2D eigenvalue weighted by atomic mass is 9.79. The van der Waals surface area contributed by atoms with Crippen molar-refractivity contribution in [2.75, 3.05) is 0 Å². The van der Waals surface area contributed by atoms with Crippen LogP contribution >= 0.6 is 0 Å². The predicted molar refractivity (Wildman–Crippen MR) is 52.0 cm³/mol. The molecule has 72 valence electrons. The van der Waals surface area contributed by atoms with Crippen LogP contribution in [0.4, 0.5) is 0 Å². The molecule has 1 N–H and O–H groups in total. The van der Waals surface area contributed by atoms with E-state index < -0.39 is 0 Å². The van der Waals surface area contributed by atoms with Gasteiger partial charge in [-0.2, -0.15) is 0 Å². The summed E-state index contributed by atoms with van der Waals surface area (Å²) >= 11 is 0. The molecule has 0 aromatic heterocycles. The Balaban J connectivity index is 2.17. The normalized spacial score (nSPS) is 33.2. The number of hydrogen-bond donors (Lipinski definition) is 1. The maximum absolute atomic E-state index is 9.23. The van der Waals surface area contributed by atoms with Crippen LogP contribution in [0.25, 0.3) is 0 Å². The lowest BCUT2D eigenvalue weighted by molar-refractivity contribution is 0.136. The second-order valence-electron chi connectivity index (χ2n) is 4.38. The molecule has 1 heteroatoms. The van der Waals surface area contributed by atoms with Crippen molar-refractivity contribution in [3.63, 3.8) is 0 Å². The molecule has 1 fully saturated rings. The number of aliphatic hydroxyl groups is 1. The zero-order valence-electron chi connectivity index (χ0n) is 8.42. The number of hydrogen-bond acceptors (Lipinski definition) is 1.